The van der Waals surface area contributed by atoms with Crippen LogP contribution in [0.15, 0.2) is 115 Å². The number of nitro groups is 1. The summed E-state index contributed by atoms with van der Waals surface area (Å²) in [6.07, 6.45) is 0.524. The molecule has 0 radical (unpaired) electrons. The van der Waals surface area contributed by atoms with Gasteiger partial charge in [-0.1, -0.05) is 91.0 Å². The van der Waals surface area contributed by atoms with Crippen molar-refractivity contribution in [3.05, 3.63) is 142 Å². The zero-order chi connectivity index (χ0) is 23.0. The smallest absolute Gasteiger partial charge is 0.269 e. The van der Waals surface area contributed by atoms with Crippen molar-refractivity contribution in [2.24, 2.45) is 5.92 Å². The van der Waals surface area contributed by atoms with Crippen LogP contribution in [-0.2, 0) is 6.42 Å². The summed E-state index contributed by atoms with van der Waals surface area (Å²) < 4.78 is 0. The third kappa shape index (κ3) is 5.52. The number of benzene rings is 4. The van der Waals surface area contributed by atoms with Crippen molar-refractivity contribution in [3.63, 3.8) is 0 Å². The van der Waals surface area contributed by atoms with E-state index in [1.807, 2.05) is 91.0 Å². The van der Waals surface area contributed by atoms with Crippen LogP contribution >= 0.6 is 0 Å². The Morgan fingerprint density at radius 2 is 1.30 bits per heavy atom. The van der Waals surface area contributed by atoms with Crippen LogP contribution < -0.4 is 5.32 Å². The molecule has 2 unspecified atom stereocenters. The van der Waals surface area contributed by atoms with Crippen molar-refractivity contribution in [2.45, 2.75) is 12.5 Å². The average molecular weight is 437 g/mol. The first-order chi connectivity index (χ1) is 16.1. The molecule has 5 nitrogen and oxygen atoms in total. The number of rotatable bonds is 9. The van der Waals surface area contributed by atoms with Gasteiger partial charge in [0.1, 0.15) is 0 Å². The molecule has 0 aliphatic rings. The van der Waals surface area contributed by atoms with E-state index in [9.17, 15) is 14.9 Å². The number of carbonyl (C=O) groups is 1. The number of carbonyl (C=O) groups excluding carboxylic acids is 1. The molecule has 0 bridgehead atoms. The first-order valence-corrected chi connectivity index (χ1v) is 10.8. The molecule has 0 aliphatic heterocycles. The number of Topliss-reactive ketones (excluding diaryl/α,β-unsaturated/α-hetero) is 1. The van der Waals surface area contributed by atoms with E-state index >= 15 is 0 Å². The van der Waals surface area contributed by atoms with E-state index in [1.54, 1.807) is 12.1 Å². The minimum absolute atomic E-state index is 0.0196. The third-order valence-corrected chi connectivity index (χ3v) is 5.65. The van der Waals surface area contributed by atoms with E-state index < -0.39 is 10.8 Å². The number of hydrogen-bond acceptors (Lipinski definition) is 4. The van der Waals surface area contributed by atoms with Gasteiger partial charge < -0.3 is 5.32 Å². The number of non-ortho nitro benzene ring substituents is 1. The molecule has 5 heteroatoms. The zero-order valence-electron chi connectivity index (χ0n) is 18.0. The lowest BCUT2D eigenvalue weighted by Gasteiger charge is -2.29. The average Bonchev–Trinajstić information content (AvgIpc) is 2.87. The quantitative estimate of drug-likeness (QED) is 0.185. The van der Waals surface area contributed by atoms with Gasteiger partial charge in [-0.25, -0.2) is 0 Å². The van der Waals surface area contributed by atoms with Crippen molar-refractivity contribution in [3.8, 4) is 0 Å². The van der Waals surface area contributed by atoms with Crippen molar-refractivity contribution in [1.29, 1.82) is 0 Å². The van der Waals surface area contributed by atoms with Gasteiger partial charge in [0.05, 0.1) is 16.9 Å². The van der Waals surface area contributed by atoms with Crippen molar-refractivity contribution in [1.82, 2.24) is 0 Å². The Morgan fingerprint density at radius 1 is 0.758 bits per heavy atom. The Kier molecular flexibility index (Phi) is 6.90. The second-order valence-corrected chi connectivity index (χ2v) is 7.86. The summed E-state index contributed by atoms with van der Waals surface area (Å²) in [5, 5.41) is 14.7. The van der Waals surface area contributed by atoms with Gasteiger partial charge in [0.25, 0.3) is 5.69 Å². The van der Waals surface area contributed by atoms with E-state index in [-0.39, 0.29) is 17.5 Å². The molecule has 0 fully saturated rings. The summed E-state index contributed by atoms with van der Waals surface area (Å²) in [5.74, 6) is -0.414. The highest BCUT2D eigenvalue weighted by Gasteiger charge is 2.31. The number of nitro benzene ring substituents is 1. The van der Waals surface area contributed by atoms with Gasteiger partial charge in [-0.15, -0.1) is 0 Å². The third-order valence-electron chi connectivity index (χ3n) is 5.65. The van der Waals surface area contributed by atoms with Gasteiger partial charge in [-0.05, 0) is 29.7 Å². The summed E-state index contributed by atoms with van der Waals surface area (Å²) >= 11 is 0. The second kappa shape index (κ2) is 10.4. The summed E-state index contributed by atoms with van der Waals surface area (Å²) in [4.78, 5) is 24.5. The second-order valence-electron chi connectivity index (χ2n) is 7.86. The fraction of sp³-hybridized carbons (Fsp3) is 0.107. The Morgan fingerprint density at radius 3 is 1.88 bits per heavy atom. The van der Waals surface area contributed by atoms with Crippen LogP contribution in [0, 0.1) is 16.0 Å². The van der Waals surface area contributed by atoms with E-state index in [1.165, 1.54) is 12.1 Å². The molecule has 33 heavy (non-hydrogen) atoms. The maximum absolute atomic E-state index is 13.8. The fourth-order valence-electron chi connectivity index (χ4n) is 3.98. The predicted molar refractivity (Wildman–Crippen MR) is 130 cm³/mol. The molecule has 4 aromatic carbocycles. The Hall–Kier alpha value is -4.25. The van der Waals surface area contributed by atoms with Crippen LogP contribution in [-0.4, -0.2) is 10.7 Å². The Balaban J connectivity index is 1.78. The van der Waals surface area contributed by atoms with E-state index in [0.717, 1.165) is 16.8 Å². The van der Waals surface area contributed by atoms with Crippen molar-refractivity contribution < 1.29 is 9.72 Å². The SMILES string of the molecule is O=C(c1ccccc1)C(Cc1ccccc1)C(Nc1ccccc1)c1ccc([N+](=O)[O-])cc1. The molecule has 0 amide bonds. The molecule has 4 rings (SSSR count). The van der Waals surface area contributed by atoms with Crippen LogP contribution in [0.3, 0.4) is 0 Å². The van der Waals surface area contributed by atoms with E-state index in [0.29, 0.717) is 12.0 Å². The Labute approximate surface area is 192 Å². The van der Waals surface area contributed by atoms with Gasteiger partial charge >= 0.3 is 0 Å². The van der Waals surface area contributed by atoms with Crippen molar-refractivity contribution in [2.75, 3.05) is 5.32 Å². The molecule has 0 heterocycles. The summed E-state index contributed by atoms with van der Waals surface area (Å²) in [7, 11) is 0. The van der Waals surface area contributed by atoms with Gasteiger partial charge in [-0.2, -0.15) is 0 Å². The molecule has 164 valence electrons. The fourth-order valence-corrected chi connectivity index (χ4v) is 3.98. The van der Waals surface area contributed by atoms with Crippen LogP contribution in [0.5, 0.6) is 0 Å². The monoisotopic (exact) mass is 436 g/mol. The molecule has 4 aromatic rings. The normalized spacial score (nSPS) is 12.5. The lowest BCUT2D eigenvalue weighted by molar-refractivity contribution is -0.384. The standard InChI is InChI=1S/C28H24N2O3/c31-28(23-12-6-2-7-13-23)26(20-21-10-4-1-5-11-21)27(29-24-14-8-3-9-15-24)22-16-18-25(19-17-22)30(32)33/h1-19,26-27,29H,20H2. The number of anilines is 1. The lowest BCUT2D eigenvalue weighted by Crippen LogP contribution is -2.30. The largest absolute Gasteiger partial charge is 0.377 e. The van der Waals surface area contributed by atoms with Crippen molar-refractivity contribution >= 4 is 17.2 Å². The van der Waals surface area contributed by atoms with Crippen LogP contribution in [0.25, 0.3) is 0 Å². The first-order valence-electron chi connectivity index (χ1n) is 10.8. The highest BCUT2D eigenvalue weighted by molar-refractivity contribution is 5.98. The number of ketones is 1. The number of hydrogen-bond donors (Lipinski definition) is 1. The zero-order valence-corrected chi connectivity index (χ0v) is 18.0. The summed E-state index contributed by atoms with van der Waals surface area (Å²) in [5.41, 5.74) is 3.40. The maximum Gasteiger partial charge on any atom is 0.269 e. The first kappa shape index (κ1) is 22.0. The van der Waals surface area contributed by atoms with Crippen LogP contribution in [0.4, 0.5) is 11.4 Å². The van der Waals surface area contributed by atoms with Crippen LogP contribution in [0.2, 0.25) is 0 Å². The van der Waals surface area contributed by atoms with Gasteiger partial charge in [0, 0.05) is 23.4 Å². The minimum atomic E-state index is -0.434. The molecule has 0 spiro atoms. The molecule has 0 aromatic heterocycles. The molecule has 2 atom stereocenters. The van der Waals surface area contributed by atoms with Crippen LogP contribution in [0.1, 0.15) is 27.5 Å². The minimum Gasteiger partial charge on any atom is -0.377 e. The molecule has 0 saturated heterocycles. The molecule has 0 aliphatic carbocycles. The van der Waals surface area contributed by atoms with Gasteiger partial charge in [-0.3, -0.25) is 14.9 Å². The summed E-state index contributed by atoms with van der Waals surface area (Å²) in [6.45, 7) is 0. The highest BCUT2D eigenvalue weighted by Crippen LogP contribution is 2.33. The number of nitrogens with one attached hydrogen (secondary N) is 1. The topological polar surface area (TPSA) is 72.2 Å². The number of para-hydroxylation sites is 1. The van der Waals surface area contributed by atoms with Gasteiger partial charge in [0.15, 0.2) is 5.78 Å². The summed E-state index contributed by atoms with van der Waals surface area (Å²) in [6, 6.07) is 34.9. The highest BCUT2D eigenvalue weighted by atomic mass is 16.6. The lowest BCUT2D eigenvalue weighted by atomic mass is 9.82. The predicted octanol–water partition coefficient (Wildman–Crippen LogP) is 6.49. The maximum atomic E-state index is 13.8. The molecular formula is C28H24N2O3. The molecule has 1 N–H and O–H groups in total. The molecule has 0 saturated carbocycles. The molecular weight excluding hydrogens is 412 g/mol. The van der Waals surface area contributed by atoms with E-state index in [4.69, 9.17) is 0 Å². The Bertz CT molecular complexity index is 1190. The number of nitrogens with zero attached hydrogens (tertiary/aromatic N) is 1. The van der Waals surface area contributed by atoms with E-state index in [2.05, 4.69) is 5.32 Å². The van der Waals surface area contributed by atoms with Gasteiger partial charge in [0.2, 0.25) is 0 Å².